The van der Waals surface area contributed by atoms with Crippen molar-refractivity contribution in [1.29, 1.82) is 0 Å². The van der Waals surface area contributed by atoms with E-state index in [1.807, 2.05) is 0 Å². The molecule has 0 radical (unpaired) electrons. The molecule has 0 aliphatic heterocycles. The zero-order valence-electron chi connectivity index (χ0n) is 49.0. The summed E-state index contributed by atoms with van der Waals surface area (Å²) in [5.41, 5.74) is 5.39. The number of allylic oxidation sites excluding steroid dienone is 10. The summed E-state index contributed by atoms with van der Waals surface area (Å²) in [6, 6.07) is 0. The van der Waals surface area contributed by atoms with Crippen LogP contribution in [0, 0.1) is 0 Å². The summed E-state index contributed by atoms with van der Waals surface area (Å²) in [4.78, 5) is 35.3. The van der Waals surface area contributed by atoms with Crippen molar-refractivity contribution in [2.75, 3.05) is 26.4 Å². The van der Waals surface area contributed by atoms with E-state index in [2.05, 4.69) is 74.6 Å². The Bertz CT molecular complexity index is 1410. The van der Waals surface area contributed by atoms with Gasteiger partial charge in [0.15, 0.2) is 6.10 Å². The molecule has 0 spiro atoms. The first-order valence-electron chi connectivity index (χ1n) is 31.8. The van der Waals surface area contributed by atoms with Gasteiger partial charge >= 0.3 is 19.8 Å². The molecule has 0 heterocycles. The maximum atomic E-state index is 12.7. The summed E-state index contributed by atoms with van der Waals surface area (Å²) in [5.74, 6) is -0.818. The molecule has 2 atom stereocenters. The Morgan fingerprint density at radius 2 is 0.693 bits per heavy atom. The zero-order chi connectivity index (χ0) is 54.5. The number of nitrogens with two attached hydrogens (primary N) is 1. The van der Waals surface area contributed by atoms with Gasteiger partial charge in [0.05, 0.1) is 13.2 Å². The average Bonchev–Trinajstić information content (AvgIpc) is 3.40. The lowest BCUT2D eigenvalue weighted by atomic mass is 10.0. The van der Waals surface area contributed by atoms with Crippen LogP contribution in [-0.4, -0.2) is 49.3 Å². The molecule has 438 valence electrons. The van der Waals surface area contributed by atoms with Crippen LogP contribution in [0.2, 0.25) is 0 Å². The number of carbonyl (C=O) groups excluding carboxylic acids is 2. The molecule has 0 aliphatic rings. The van der Waals surface area contributed by atoms with Gasteiger partial charge in [0.1, 0.15) is 6.61 Å². The third kappa shape index (κ3) is 60.8. The number of hydrogen-bond donors (Lipinski definition) is 2. The molecule has 0 aromatic carbocycles. The highest BCUT2D eigenvalue weighted by molar-refractivity contribution is 7.47. The fraction of sp³-hybridized carbons (Fsp3) is 0.815. The van der Waals surface area contributed by atoms with E-state index in [-0.39, 0.29) is 38.6 Å². The van der Waals surface area contributed by atoms with Crippen molar-refractivity contribution in [2.45, 2.75) is 315 Å². The fourth-order valence-electron chi connectivity index (χ4n) is 9.15. The smallest absolute Gasteiger partial charge is 0.462 e. The average molecular weight is 1070 g/mol. The van der Waals surface area contributed by atoms with Crippen molar-refractivity contribution in [3.8, 4) is 0 Å². The molecule has 9 nitrogen and oxygen atoms in total. The number of unbranched alkanes of at least 4 members (excludes halogenated alkanes) is 37. The zero-order valence-corrected chi connectivity index (χ0v) is 49.9. The van der Waals surface area contributed by atoms with Crippen LogP contribution in [0.4, 0.5) is 0 Å². The van der Waals surface area contributed by atoms with Gasteiger partial charge in [-0.1, -0.05) is 274 Å². The lowest BCUT2D eigenvalue weighted by Crippen LogP contribution is -2.29. The van der Waals surface area contributed by atoms with Crippen LogP contribution in [0.3, 0.4) is 0 Å². The van der Waals surface area contributed by atoms with E-state index < -0.39 is 26.5 Å². The minimum absolute atomic E-state index is 0.0527. The van der Waals surface area contributed by atoms with Gasteiger partial charge in [0.2, 0.25) is 0 Å². The van der Waals surface area contributed by atoms with E-state index in [9.17, 15) is 19.0 Å². The Morgan fingerprint density at radius 1 is 0.400 bits per heavy atom. The number of ether oxygens (including phenoxy) is 2. The number of phosphoric acid groups is 1. The second kappa shape index (κ2) is 60.9. The van der Waals surface area contributed by atoms with Crippen LogP contribution in [0.5, 0.6) is 0 Å². The molecule has 2 unspecified atom stereocenters. The van der Waals surface area contributed by atoms with Crippen LogP contribution in [0.25, 0.3) is 0 Å². The molecular formula is C65H120NO8P. The third-order valence-electron chi connectivity index (χ3n) is 13.9. The Balaban J connectivity index is 3.92. The van der Waals surface area contributed by atoms with Gasteiger partial charge in [-0.15, -0.1) is 0 Å². The van der Waals surface area contributed by atoms with E-state index in [4.69, 9.17) is 24.3 Å². The molecule has 0 amide bonds. The molecule has 0 aromatic rings. The number of phosphoric ester groups is 1. The molecule has 0 aromatic heterocycles. The standard InChI is InChI=1S/C65H120NO8P/c1-3-5-7-9-11-13-15-17-19-21-23-25-27-29-30-31-32-34-36-38-40-42-44-46-48-50-52-54-56-58-65(68)74-63(62-73-75(69,70)72-60-59-66)61-71-64(67)57-55-53-51-49-47-45-43-41-39-37-35-33-28-26-24-22-20-18-16-14-12-10-8-6-4-2/h15-18,21-24,27,29,63H,3-14,19-20,25-26,28,30-62,66H2,1-2H3,(H,69,70)/b17-15-,18-16-,23-21-,24-22-,29-27-. The van der Waals surface area contributed by atoms with E-state index in [0.717, 1.165) is 57.8 Å². The SMILES string of the molecule is CCCCCCC/C=C\C/C=C\C/C=C\CCCCCCCCCCCCCCCCC(=O)OC(COC(=O)CCCCCCCCCCCCCCC/C=C\C/C=C\CCCCCCC)COP(=O)(O)OCCN. The van der Waals surface area contributed by atoms with Crippen LogP contribution >= 0.6 is 7.82 Å². The minimum atomic E-state index is -4.39. The quantitative estimate of drug-likeness (QED) is 0.0264. The highest BCUT2D eigenvalue weighted by Gasteiger charge is 2.26. The van der Waals surface area contributed by atoms with Gasteiger partial charge in [0, 0.05) is 19.4 Å². The third-order valence-corrected chi connectivity index (χ3v) is 14.9. The monoisotopic (exact) mass is 1070 g/mol. The highest BCUT2D eigenvalue weighted by Crippen LogP contribution is 2.43. The molecule has 75 heavy (non-hydrogen) atoms. The number of rotatable bonds is 60. The summed E-state index contributed by atoms with van der Waals surface area (Å²) in [6.45, 7) is 3.76. The van der Waals surface area contributed by atoms with Gasteiger partial charge in [-0.25, -0.2) is 4.57 Å². The van der Waals surface area contributed by atoms with E-state index in [1.165, 1.54) is 218 Å². The van der Waals surface area contributed by atoms with Gasteiger partial charge in [0.25, 0.3) is 0 Å². The molecule has 0 aliphatic carbocycles. The van der Waals surface area contributed by atoms with Crippen molar-refractivity contribution < 1.29 is 37.6 Å². The number of carbonyl (C=O) groups is 2. The maximum absolute atomic E-state index is 12.7. The normalized spacial score (nSPS) is 13.4. The van der Waals surface area contributed by atoms with E-state index >= 15 is 0 Å². The molecule has 10 heteroatoms. The highest BCUT2D eigenvalue weighted by atomic mass is 31.2. The maximum Gasteiger partial charge on any atom is 0.472 e. The predicted molar refractivity (Wildman–Crippen MR) is 321 cm³/mol. The summed E-state index contributed by atoms with van der Waals surface area (Å²) in [5, 5.41) is 0. The van der Waals surface area contributed by atoms with Crippen LogP contribution < -0.4 is 5.73 Å². The first-order chi connectivity index (χ1) is 36.8. The Morgan fingerprint density at radius 3 is 1.03 bits per heavy atom. The van der Waals surface area contributed by atoms with Crippen LogP contribution in [-0.2, 0) is 32.7 Å². The number of esters is 2. The van der Waals surface area contributed by atoms with Crippen molar-refractivity contribution in [3.63, 3.8) is 0 Å². The van der Waals surface area contributed by atoms with Crippen molar-refractivity contribution in [3.05, 3.63) is 60.8 Å². The molecular weight excluding hydrogens is 954 g/mol. The van der Waals surface area contributed by atoms with Gasteiger partial charge in [-0.05, 0) is 83.5 Å². The van der Waals surface area contributed by atoms with Gasteiger partial charge < -0.3 is 20.1 Å². The summed E-state index contributed by atoms with van der Waals surface area (Å²) in [6.07, 6.45) is 77.1. The second-order valence-electron chi connectivity index (χ2n) is 21.3. The lowest BCUT2D eigenvalue weighted by Gasteiger charge is -2.19. The largest absolute Gasteiger partial charge is 0.472 e. The molecule has 0 rings (SSSR count). The lowest BCUT2D eigenvalue weighted by molar-refractivity contribution is -0.161. The summed E-state index contributed by atoms with van der Waals surface area (Å²) in [7, 11) is -4.39. The van der Waals surface area contributed by atoms with Crippen molar-refractivity contribution in [2.24, 2.45) is 5.73 Å². The predicted octanol–water partition coefficient (Wildman–Crippen LogP) is 20.3. The Hall–Kier alpha value is -2.29. The van der Waals surface area contributed by atoms with E-state index in [1.54, 1.807) is 0 Å². The second-order valence-corrected chi connectivity index (χ2v) is 22.7. The van der Waals surface area contributed by atoms with Crippen molar-refractivity contribution >= 4 is 19.8 Å². The molecule has 0 saturated heterocycles. The topological polar surface area (TPSA) is 134 Å². The molecule has 0 fully saturated rings. The summed E-state index contributed by atoms with van der Waals surface area (Å²) >= 11 is 0. The molecule has 0 saturated carbocycles. The first kappa shape index (κ1) is 72.7. The van der Waals surface area contributed by atoms with Gasteiger partial charge in [-0.2, -0.15) is 0 Å². The Labute approximate surface area is 463 Å². The van der Waals surface area contributed by atoms with Crippen LogP contribution in [0.15, 0.2) is 60.8 Å². The van der Waals surface area contributed by atoms with Crippen LogP contribution in [0.1, 0.15) is 309 Å². The molecule has 0 bridgehead atoms. The first-order valence-corrected chi connectivity index (χ1v) is 33.3. The van der Waals surface area contributed by atoms with E-state index in [0.29, 0.717) is 6.42 Å². The molecule has 3 N–H and O–H groups in total. The summed E-state index contributed by atoms with van der Waals surface area (Å²) < 4.78 is 33.1. The fourth-order valence-corrected chi connectivity index (χ4v) is 9.91. The number of hydrogen-bond acceptors (Lipinski definition) is 8. The minimum Gasteiger partial charge on any atom is -0.462 e. The van der Waals surface area contributed by atoms with Crippen molar-refractivity contribution in [1.82, 2.24) is 0 Å². The Kier molecular flexibility index (Phi) is 59.1. The van der Waals surface area contributed by atoms with Gasteiger partial charge in [-0.3, -0.25) is 18.6 Å².